The highest BCUT2D eigenvalue weighted by Gasteiger charge is 2.36. The van der Waals surface area contributed by atoms with Gasteiger partial charge in [0.25, 0.3) is 17.5 Å². The quantitative estimate of drug-likeness (QED) is 0.366. The Kier molecular flexibility index (Phi) is 5.09. The molecule has 29 heavy (non-hydrogen) atoms. The minimum atomic E-state index is -0.974. The van der Waals surface area contributed by atoms with Crippen LogP contribution >= 0.6 is 0 Å². The number of nitrogens with zero attached hydrogens (tertiary/aromatic N) is 3. The van der Waals surface area contributed by atoms with Crippen LogP contribution in [0.2, 0.25) is 0 Å². The van der Waals surface area contributed by atoms with Crippen LogP contribution in [0.15, 0.2) is 48.0 Å². The zero-order chi connectivity index (χ0) is 21.3. The topological polar surface area (TPSA) is 113 Å². The molecule has 0 bridgehead atoms. The first-order chi connectivity index (χ1) is 13.7. The highest BCUT2D eigenvalue weighted by atomic mass is 19.1. The number of nitro benzene ring substituents is 1. The fourth-order valence-electron chi connectivity index (χ4n) is 2.80. The molecule has 3 rings (SSSR count). The average molecular weight is 398 g/mol. The highest BCUT2D eigenvalue weighted by Crippen LogP contribution is 2.29. The minimum Gasteiger partial charge on any atom is -0.372 e. The molecule has 1 saturated heterocycles. The van der Waals surface area contributed by atoms with Gasteiger partial charge in [0.2, 0.25) is 0 Å². The predicted octanol–water partition coefficient (Wildman–Crippen LogP) is 2.47. The number of halogens is 1. The molecule has 1 heterocycles. The summed E-state index contributed by atoms with van der Waals surface area (Å²) in [6, 6.07) is 7.82. The van der Waals surface area contributed by atoms with Gasteiger partial charge in [-0.3, -0.25) is 25.0 Å². The molecule has 10 heteroatoms. The van der Waals surface area contributed by atoms with Crippen LogP contribution in [0.3, 0.4) is 0 Å². The van der Waals surface area contributed by atoms with E-state index in [1.807, 2.05) is 5.32 Å². The molecule has 2 aromatic rings. The summed E-state index contributed by atoms with van der Waals surface area (Å²) in [7, 11) is 3.29. The Morgan fingerprint density at radius 3 is 2.34 bits per heavy atom. The van der Waals surface area contributed by atoms with E-state index in [1.54, 1.807) is 19.0 Å². The van der Waals surface area contributed by atoms with E-state index in [-0.39, 0.29) is 22.5 Å². The van der Waals surface area contributed by atoms with E-state index in [9.17, 15) is 28.9 Å². The number of urea groups is 1. The third-order valence-electron chi connectivity index (χ3n) is 4.18. The van der Waals surface area contributed by atoms with Crippen molar-refractivity contribution < 1.29 is 23.7 Å². The maximum atomic E-state index is 13.1. The zero-order valence-corrected chi connectivity index (χ0v) is 15.4. The lowest BCUT2D eigenvalue weighted by atomic mass is 10.1. The first-order valence-corrected chi connectivity index (χ1v) is 8.32. The number of carbonyl (C=O) groups is 3. The highest BCUT2D eigenvalue weighted by molar-refractivity contribution is 6.39. The van der Waals surface area contributed by atoms with Gasteiger partial charge in [0.05, 0.1) is 10.6 Å². The van der Waals surface area contributed by atoms with Crippen LogP contribution in [0, 0.1) is 15.9 Å². The molecule has 0 aliphatic carbocycles. The van der Waals surface area contributed by atoms with Gasteiger partial charge < -0.3 is 4.90 Å². The summed E-state index contributed by atoms with van der Waals surface area (Å²) in [4.78, 5) is 50.1. The van der Waals surface area contributed by atoms with Gasteiger partial charge in [-0.25, -0.2) is 14.1 Å². The Bertz CT molecular complexity index is 1060. The molecule has 148 valence electrons. The summed E-state index contributed by atoms with van der Waals surface area (Å²) in [6.07, 6.45) is 1.16. The van der Waals surface area contributed by atoms with Gasteiger partial charge in [0.15, 0.2) is 0 Å². The average Bonchev–Trinajstić information content (AvgIpc) is 2.66. The number of rotatable bonds is 4. The number of anilines is 2. The molecule has 0 aromatic heterocycles. The van der Waals surface area contributed by atoms with Gasteiger partial charge in [0, 0.05) is 20.2 Å². The summed E-state index contributed by atoms with van der Waals surface area (Å²) in [6.45, 7) is 0. The number of amides is 4. The summed E-state index contributed by atoms with van der Waals surface area (Å²) in [5, 5.41) is 13.4. The van der Waals surface area contributed by atoms with Crippen LogP contribution in [-0.2, 0) is 9.59 Å². The van der Waals surface area contributed by atoms with Crippen molar-refractivity contribution in [1.29, 1.82) is 0 Å². The number of imide groups is 2. The molecule has 1 aliphatic heterocycles. The summed E-state index contributed by atoms with van der Waals surface area (Å²) >= 11 is 0. The van der Waals surface area contributed by atoms with Gasteiger partial charge in [0.1, 0.15) is 17.1 Å². The lowest BCUT2D eigenvalue weighted by Crippen LogP contribution is -2.54. The molecular formula is C19H15FN4O5. The van der Waals surface area contributed by atoms with Crippen molar-refractivity contribution >= 4 is 41.0 Å². The smallest absolute Gasteiger partial charge is 0.335 e. The van der Waals surface area contributed by atoms with Gasteiger partial charge >= 0.3 is 6.03 Å². The van der Waals surface area contributed by atoms with Gasteiger partial charge in [-0.15, -0.1) is 0 Å². The normalized spacial score (nSPS) is 15.5. The SMILES string of the molecule is CN(C)c1ccc(/C=C2\C(=O)NC(=O)N(c3ccc(F)cc3)C2=O)cc1[N+](=O)[O-]. The van der Waals surface area contributed by atoms with E-state index in [1.165, 1.54) is 30.3 Å². The fraction of sp³-hybridized carbons (Fsp3) is 0.105. The van der Waals surface area contributed by atoms with Gasteiger partial charge in [-0.05, 0) is 42.0 Å². The third kappa shape index (κ3) is 3.81. The number of nitro groups is 1. The number of nitrogens with one attached hydrogen (secondary N) is 1. The molecule has 1 N–H and O–H groups in total. The van der Waals surface area contributed by atoms with Crippen LogP contribution < -0.4 is 15.1 Å². The standard InChI is InChI=1S/C19H15FN4O5/c1-22(2)15-8-3-11(10-16(15)24(28)29)9-14-17(25)21-19(27)23(18(14)26)13-6-4-12(20)5-7-13/h3-10H,1-2H3,(H,21,25,27)/b14-9+. The number of carbonyl (C=O) groups excluding carboxylic acids is 3. The van der Waals surface area contributed by atoms with E-state index in [2.05, 4.69) is 0 Å². The Hall–Kier alpha value is -4.08. The largest absolute Gasteiger partial charge is 0.372 e. The Morgan fingerprint density at radius 2 is 1.76 bits per heavy atom. The summed E-state index contributed by atoms with van der Waals surface area (Å²) in [5.74, 6) is -2.42. The molecule has 0 saturated carbocycles. The third-order valence-corrected chi connectivity index (χ3v) is 4.18. The van der Waals surface area contributed by atoms with E-state index in [4.69, 9.17) is 0 Å². The molecule has 9 nitrogen and oxygen atoms in total. The first-order valence-electron chi connectivity index (χ1n) is 8.32. The van der Waals surface area contributed by atoms with Crippen LogP contribution in [0.5, 0.6) is 0 Å². The second-order valence-corrected chi connectivity index (χ2v) is 6.33. The molecule has 0 spiro atoms. The van der Waals surface area contributed by atoms with E-state index >= 15 is 0 Å². The molecule has 0 radical (unpaired) electrons. The fourth-order valence-corrected chi connectivity index (χ4v) is 2.80. The Labute approximate surface area is 164 Å². The molecule has 1 aliphatic rings. The zero-order valence-electron chi connectivity index (χ0n) is 15.4. The first kappa shape index (κ1) is 19.7. The molecule has 2 aromatic carbocycles. The monoisotopic (exact) mass is 398 g/mol. The maximum Gasteiger partial charge on any atom is 0.335 e. The minimum absolute atomic E-state index is 0.0706. The van der Waals surface area contributed by atoms with E-state index in [0.29, 0.717) is 10.6 Å². The number of barbiturate groups is 1. The van der Waals surface area contributed by atoms with Crippen LogP contribution in [0.25, 0.3) is 6.08 Å². The van der Waals surface area contributed by atoms with Crippen molar-refractivity contribution in [2.75, 3.05) is 23.9 Å². The summed E-state index contributed by atoms with van der Waals surface area (Å²) in [5.41, 5.74) is 0.0513. The molecule has 0 unspecified atom stereocenters. The number of hydrogen-bond acceptors (Lipinski definition) is 6. The lowest BCUT2D eigenvalue weighted by Gasteiger charge is -2.26. The van der Waals surface area contributed by atoms with Crippen molar-refractivity contribution in [1.82, 2.24) is 5.32 Å². The predicted molar refractivity (Wildman–Crippen MR) is 103 cm³/mol. The second kappa shape index (κ2) is 7.50. The lowest BCUT2D eigenvalue weighted by molar-refractivity contribution is -0.384. The molecule has 4 amide bonds. The van der Waals surface area contributed by atoms with Crippen LogP contribution in [-0.4, -0.2) is 36.9 Å². The molecular weight excluding hydrogens is 383 g/mol. The van der Waals surface area contributed by atoms with E-state index < -0.39 is 28.6 Å². The summed E-state index contributed by atoms with van der Waals surface area (Å²) < 4.78 is 13.1. The molecule has 0 atom stereocenters. The Balaban J connectivity index is 2.04. The van der Waals surface area contributed by atoms with Gasteiger partial charge in [-0.2, -0.15) is 0 Å². The molecule has 1 fully saturated rings. The van der Waals surface area contributed by atoms with Crippen LogP contribution in [0.4, 0.5) is 26.2 Å². The van der Waals surface area contributed by atoms with Crippen molar-refractivity contribution in [3.8, 4) is 0 Å². The Morgan fingerprint density at radius 1 is 1.10 bits per heavy atom. The van der Waals surface area contributed by atoms with Crippen molar-refractivity contribution in [3.05, 3.63) is 69.5 Å². The maximum absolute atomic E-state index is 13.1. The van der Waals surface area contributed by atoms with Crippen LogP contribution in [0.1, 0.15) is 5.56 Å². The number of hydrogen-bond donors (Lipinski definition) is 1. The van der Waals surface area contributed by atoms with E-state index in [0.717, 1.165) is 18.2 Å². The van der Waals surface area contributed by atoms with Crippen molar-refractivity contribution in [2.45, 2.75) is 0 Å². The van der Waals surface area contributed by atoms with Gasteiger partial charge in [-0.1, -0.05) is 6.07 Å². The second-order valence-electron chi connectivity index (χ2n) is 6.33. The van der Waals surface area contributed by atoms with Crippen molar-refractivity contribution in [2.24, 2.45) is 0 Å². The number of benzene rings is 2. The van der Waals surface area contributed by atoms with Crippen molar-refractivity contribution in [3.63, 3.8) is 0 Å².